The molecule has 5 heteroatoms. The van der Waals surface area contributed by atoms with Gasteiger partial charge in [-0.1, -0.05) is 30.3 Å². The summed E-state index contributed by atoms with van der Waals surface area (Å²) in [5.74, 6) is -0.239. The molecule has 0 bridgehead atoms. The number of hydrogen-bond donors (Lipinski definition) is 2. The van der Waals surface area contributed by atoms with Gasteiger partial charge in [-0.15, -0.1) is 0 Å². The lowest BCUT2D eigenvalue weighted by molar-refractivity contribution is -0.116. The van der Waals surface area contributed by atoms with E-state index in [2.05, 4.69) is 10.6 Å². The number of carbonyl (C=O) groups excluding carboxylic acids is 2. The molecule has 2 aromatic carbocycles. The number of hydrogen-bond acceptors (Lipinski definition) is 3. The first-order valence-electron chi connectivity index (χ1n) is 7.94. The van der Waals surface area contributed by atoms with Gasteiger partial charge in [0.15, 0.2) is 0 Å². The third-order valence-electron chi connectivity index (χ3n) is 3.54. The van der Waals surface area contributed by atoms with Gasteiger partial charge in [-0.3, -0.25) is 9.59 Å². The molecule has 2 N–H and O–H groups in total. The van der Waals surface area contributed by atoms with Crippen molar-refractivity contribution >= 4 is 23.2 Å². The summed E-state index contributed by atoms with van der Waals surface area (Å²) in [4.78, 5) is 26.2. The van der Waals surface area contributed by atoms with Crippen LogP contribution in [0.3, 0.4) is 0 Å². The third kappa shape index (κ3) is 4.59. The van der Waals surface area contributed by atoms with Crippen LogP contribution in [0.2, 0.25) is 0 Å². The molecule has 0 unspecified atom stereocenters. The number of nitrogens with one attached hydrogen (secondary N) is 2. The molecule has 0 aliphatic heterocycles. The van der Waals surface area contributed by atoms with E-state index in [0.29, 0.717) is 11.3 Å². The summed E-state index contributed by atoms with van der Waals surface area (Å²) in [6.45, 7) is 3.93. The maximum Gasteiger partial charge on any atom is 0.253 e. The third-order valence-corrected chi connectivity index (χ3v) is 3.54. The van der Waals surface area contributed by atoms with Crippen molar-refractivity contribution in [1.82, 2.24) is 5.32 Å². The summed E-state index contributed by atoms with van der Waals surface area (Å²) in [5, 5.41) is 5.93. The average Bonchev–Trinajstić information content (AvgIpc) is 2.59. The Labute approximate surface area is 142 Å². The zero-order valence-corrected chi connectivity index (χ0v) is 14.2. The minimum atomic E-state index is -0.156. The molecule has 2 aromatic rings. The molecule has 0 saturated heterocycles. The highest BCUT2D eigenvalue weighted by Crippen LogP contribution is 2.16. The number of carbonyl (C=O) groups is 2. The smallest absolute Gasteiger partial charge is 0.253 e. The van der Waals surface area contributed by atoms with Crippen molar-refractivity contribution in [2.75, 3.05) is 23.8 Å². The van der Waals surface area contributed by atoms with Crippen molar-refractivity contribution in [3.05, 3.63) is 60.2 Å². The number of benzene rings is 2. The molecule has 0 aliphatic carbocycles. The minimum Gasteiger partial charge on any atom is -0.375 e. The number of para-hydroxylation sites is 2. The van der Waals surface area contributed by atoms with Crippen molar-refractivity contribution in [1.29, 1.82) is 0 Å². The molecule has 0 aromatic heterocycles. The summed E-state index contributed by atoms with van der Waals surface area (Å²) < 4.78 is 0. The summed E-state index contributed by atoms with van der Waals surface area (Å²) in [7, 11) is 1.73. The fourth-order valence-corrected chi connectivity index (χ4v) is 2.26. The maximum absolute atomic E-state index is 12.3. The minimum absolute atomic E-state index is 0.0522. The highest BCUT2D eigenvalue weighted by molar-refractivity contribution is 6.01. The van der Waals surface area contributed by atoms with Crippen LogP contribution in [-0.2, 0) is 4.79 Å². The Morgan fingerprint density at radius 1 is 1.00 bits per heavy atom. The van der Waals surface area contributed by atoms with Crippen LogP contribution in [0.15, 0.2) is 54.6 Å². The molecule has 0 spiro atoms. The van der Waals surface area contributed by atoms with Gasteiger partial charge in [-0.2, -0.15) is 0 Å². The van der Waals surface area contributed by atoms with E-state index in [-0.39, 0.29) is 24.4 Å². The lowest BCUT2D eigenvalue weighted by Gasteiger charge is -2.19. The van der Waals surface area contributed by atoms with Crippen molar-refractivity contribution in [3.63, 3.8) is 0 Å². The highest BCUT2D eigenvalue weighted by atomic mass is 16.2. The van der Waals surface area contributed by atoms with E-state index in [9.17, 15) is 9.59 Å². The van der Waals surface area contributed by atoms with Gasteiger partial charge in [0.25, 0.3) is 5.91 Å². The van der Waals surface area contributed by atoms with Gasteiger partial charge in [0.1, 0.15) is 0 Å². The normalized spacial score (nSPS) is 10.3. The van der Waals surface area contributed by atoms with Gasteiger partial charge >= 0.3 is 0 Å². The van der Waals surface area contributed by atoms with Crippen LogP contribution in [0.25, 0.3) is 0 Å². The summed E-state index contributed by atoms with van der Waals surface area (Å²) in [6, 6.07) is 16.7. The SMILES string of the molecule is CC(C)NC(=O)c1ccccc1NCC(=O)N(C)c1ccccc1. The molecular weight excluding hydrogens is 302 g/mol. The first kappa shape index (κ1) is 17.5. The van der Waals surface area contributed by atoms with E-state index in [4.69, 9.17) is 0 Å². The standard InChI is InChI=1S/C19H23N3O2/c1-14(2)21-19(24)16-11-7-8-12-17(16)20-13-18(23)22(3)15-9-5-4-6-10-15/h4-12,14,20H,13H2,1-3H3,(H,21,24). The fourth-order valence-electron chi connectivity index (χ4n) is 2.26. The number of anilines is 2. The molecule has 5 nitrogen and oxygen atoms in total. The number of nitrogens with zero attached hydrogens (tertiary/aromatic N) is 1. The number of likely N-dealkylation sites (N-methyl/N-ethyl adjacent to an activating group) is 1. The topological polar surface area (TPSA) is 61.4 Å². The van der Waals surface area contributed by atoms with E-state index in [1.165, 1.54) is 0 Å². The van der Waals surface area contributed by atoms with Gasteiger partial charge in [0.2, 0.25) is 5.91 Å². The van der Waals surface area contributed by atoms with Crippen molar-refractivity contribution < 1.29 is 9.59 Å². The maximum atomic E-state index is 12.3. The van der Waals surface area contributed by atoms with Crippen molar-refractivity contribution in [2.24, 2.45) is 0 Å². The molecule has 0 heterocycles. The molecule has 24 heavy (non-hydrogen) atoms. The first-order chi connectivity index (χ1) is 11.5. The van der Waals surface area contributed by atoms with Crippen LogP contribution >= 0.6 is 0 Å². The lowest BCUT2D eigenvalue weighted by Crippen LogP contribution is -2.33. The molecule has 0 atom stereocenters. The van der Waals surface area contributed by atoms with E-state index >= 15 is 0 Å². The molecule has 0 saturated carbocycles. The Kier molecular flexibility index (Phi) is 5.95. The van der Waals surface area contributed by atoms with Crippen LogP contribution in [0.5, 0.6) is 0 Å². The van der Waals surface area contributed by atoms with E-state index in [0.717, 1.165) is 5.69 Å². The van der Waals surface area contributed by atoms with Gasteiger partial charge in [0.05, 0.1) is 12.1 Å². The molecule has 2 amide bonds. The molecule has 0 fully saturated rings. The van der Waals surface area contributed by atoms with Gasteiger partial charge in [-0.05, 0) is 38.1 Å². The second-order valence-corrected chi connectivity index (χ2v) is 5.82. The average molecular weight is 325 g/mol. The molecule has 0 aliphatic rings. The second-order valence-electron chi connectivity index (χ2n) is 5.82. The Morgan fingerprint density at radius 3 is 2.29 bits per heavy atom. The predicted molar refractivity (Wildman–Crippen MR) is 97.4 cm³/mol. The fraction of sp³-hybridized carbons (Fsp3) is 0.263. The highest BCUT2D eigenvalue weighted by Gasteiger charge is 2.14. The Balaban J connectivity index is 2.04. The monoisotopic (exact) mass is 325 g/mol. The van der Waals surface area contributed by atoms with Crippen LogP contribution in [0, 0.1) is 0 Å². The van der Waals surface area contributed by atoms with Gasteiger partial charge < -0.3 is 15.5 Å². The van der Waals surface area contributed by atoms with Crippen LogP contribution in [-0.4, -0.2) is 31.4 Å². The summed E-state index contributed by atoms with van der Waals surface area (Å²) in [6.07, 6.45) is 0. The molecule has 126 valence electrons. The Bertz CT molecular complexity index is 699. The number of rotatable bonds is 6. The summed E-state index contributed by atoms with van der Waals surface area (Å²) in [5.41, 5.74) is 2.00. The van der Waals surface area contributed by atoms with Gasteiger partial charge in [0, 0.05) is 24.5 Å². The first-order valence-corrected chi connectivity index (χ1v) is 7.94. The second kappa shape index (κ2) is 8.15. The molecule has 2 rings (SSSR count). The van der Waals surface area contributed by atoms with Crippen molar-refractivity contribution in [3.8, 4) is 0 Å². The van der Waals surface area contributed by atoms with Crippen LogP contribution in [0.1, 0.15) is 24.2 Å². The number of amides is 2. The largest absolute Gasteiger partial charge is 0.375 e. The van der Waals surface area contributed by atoms with E-state index in [1.807, 2.05) is 50.2 Å². The van der Waals surface area contributed by atoms with Crippen LogP contribution in [0.4, 0.5) is 11.4 Å². The predicted octanol–water partition coefficient (Wildman–Crippen LogP) is 2.90. The lowest BCUT2D eigenvalue weighted by atomic mass is 10.1. The van der Waals surface area contributed by atoms with E-state index in [1.54, 1.807) is 30.1 Å². The Morgan fingerprint density at radius 2 is 1.62 bits per heavy atom. The van der Waals surface area contributed by atoms with Gasteiger partial charge in [-0.25, -0.2) is 0 Å². The summed E-state index contributed by atoms with van der Waals surface area (Å²) >= 11 is 0. The van der Waals surface area contributed by atoms with Crippen LogP contribution < -0.4 is 15.5 Å². The van der Waals surface area contributed by atoms with E-state index < -0.39 is 0 Å². The zero-order valence-electron chi connectivity index (χ0n) is 14.2. The molecular formula is C19H23N3O2. The zero-order chi connectivity index (χ0) is 17.5. The quantitative estimate of drug-likeness (QED) is 0.858. The Hall–Kier alpha value is -2.82. The van der Waals surface area contributed by atoms with Crippen molar-refractivity contribution in [2.45, 2.75) is 19.9 Å². The molecule has 0 radical (unpaired) electrons.